The van der Waals surface area contributed by atoms with Crippen molar-refractivity contribution in [3.05, 3.63) is 0 Å². The molecular formula is C10H10N2O4. The van der Waals surface area contributed by atoms with Gasteiger partial charge >= 0.3 is 0 Å². The highest BCUT2D eigenvalue weighted by atomic mass is 16.2. The molecular weight excluding hydrogens is 212 g/mol. The monoisotopic (exact) mass is 222 g/mol. The summed E-state index contributed by atoms with van der Waals surface area (Å²) < 4.78 is 0. The lowest BCUT2D eigenvalue weighted by atomic mass is 9.70. The summed E-state index contributed by atoms with van der Waals surface area (Å²) in [5.74, 6) is -2.92. The van der Waals surface area contributed by atoms with Crippen molar-refractivity contribution in [2.45, 2.75) is 12.8 Å². The molecule has 4 amide bonds. The van der Waals surface area contributed by atoms with Crippen molar-refractivity contribution in [3.8, 4) is 0 Å². The summed E-state index contributed by atoms with van der Waals surface area (Å²) in [6, 6.07) is 0. The van der Waals surface area contributed by atoms with Crippen LogP contribution in [0.25, 0.3) is 0 Å². The van der Waals surface area contributed by atoms with Crippen molar-refractivity contribution in [3.63, 3.8) is 0 Å². The van der Waals surface area contributed by atoms with Crippen molar-refractivity contribution < 1.29 is 19.2 Å². The molecule has 4 atom stereocenters. The first kappa shape index (κ1) is 9.50. The molecule has 0 bridgehead atoms. The van der Waals surface area contributed by atoms with Gasteiger partial charge in [0.05, 0.1) is 23.7 Å². The number of nitrogens with one attached hydrogen (secondary N) is 2. The SMILES string of the molecule is O=C1NC(=O)[C@@H]2C[C@H]3C(=O)NC(=O)[C@H]3C[C@H]12. The van der Waals surface area contributed by atoms with E-state index in [0.29, 0.717) is 12.8 Å². The smallest absolute Gasteiger partial charge is 0.230 e. The fourth-order valence-corrected chi connectivity index (χ4v) is 2.98. The Labute approximate surface area is 90.8 Å². The first-order valence-corrected chi connectivity index (χ1v) is 5.27. The standard InChI is InChI=1S/C10H10N2O4/c13-7-3-1-4-6(10(16)12-8(4)14)2-5(3)9(15)11-7/h3-6H,1-2H2,(H,11,13,15)(H,12,14,16)/t3-,4-,5+,6+. The lowest BCUT2D eigenvalue weighted by molar-refractivity contribution is -0.129. The molecule has 6 nitrogen and oxygen atoms in total. The fraction of sp³-hybridized carbons (Fsp3) is 0.600. The normalized spacial score (nSPS) is 41.5. The van der Waals surface area contributed by atoms with Crippen LogP contribution in [0, 0.1) is 23.7 Å². The van der Waals surface area contributed by atoms with E-state index < -0.39 is 23.7 Å². The topological polar surface area (TPSA) is 92.3 Å². The Morgan fingerprint density at radius 3 is 1.12 bits per heavy atom. The van der Waals surface area contributed by atoms with Crippen molar-refractivity contribution in [1.82, 2.24) is 10.6 Å². The van der Waals surface area contributed by atoms with E-state index in [4.69, 9.17) is 0 Å². The van der Waals surface area contributed by atoms with E-state index in [2.05, 4.69) is 10.6 Å². The lowest BCUT2D eigenvalue weighted by Gasteiger charge is -2.28. The molecule has 1 saturated carbocycles. The maximum Gasteiger partial charge on any atom is 0.230 e. The van der Waals surface area contributed by atoms with Gasteiger partial charge in [-0.3, -0.25) is 29.8 Å². The van der Waals surface area contributed by atoms with Crippen LogP contribution < -0.4 is 10.6 Å². The van der Waals surface area contributed by atoms with Crippen molar-refractivity contribution in [2.24, 2.45) is 23.7 Å². The molecule has 2 aliphatic heterocycles. The van der Waals surface area contributed by atoms with E-state index in [1.54, 1.807) is 0 Å². The number of hydrogen-bond acceptors (Lipinski definition) is 4. The Balaban J connectivity index is 1.92. The molecule has 6 heteroatoms. The number of fused-ring (bicyclic) bond motifs is 2. The summed E-state index contributed by atoms with van der Waals surface area (Å²) in [4.78, 5) is 45.8. The number of carbonyl (C=O) groups excluding carboxylic acids is 4. The van der Waals surface area contributed by atoms with Gasteiger partial charge in [-0.25, -0.2) is 0 Å². The summed E-state index contributed by atoms with van der Waals surface area (Å²) in [5.41, 5.74) is 0. The van der Waals surface area contributed by atoms with Gasteiger partial charge in [-0.2, -0.15) is 0 Å². The molecule has 1 aliphatic carbocycles. The Kier molecular flexibility index (Phi) is 1.72. The zero-order valence-electron chi connectivity index (χ0n) is 8.36. The molecule has 0 aromatic heterocycles. The van der Waals surface area contributed by atoms with E-state index in [1.807, 2.05) is 0 Å². The number of carbonyl (C=O) groups is 4. The van der Waals surface area contributed by atoms with Crippen LogP contribution in [0.3, 0.4) is 0 Å². The zero-order chi connectivity index (χ0) is 11.4. The van der Waals surface area contributed by atoms with Crippen LogP contribution in [-0.2, 0) is 19.2 Å². The molecule has 2 saturated heterocycles. The minimum absolute atomic E-state index is 0.305. The van der Waals surface area contributed by atoms with E-state index in [0.717, 1.165) is 0 Å². The quantitative estimate of drug-likeness (QED) is 0.491. The minimum Gasteiger partial charge on any atom is -0.296 e. The number of imide groups is 2. The maximum absolute atomic E-state index is 11.4. The number of hydrogen-bond donors (Lipinski definition) is 2. The molecule has 0 radical (unpaired) electrons. The Morgan fingerprint density at radius 1 is 0.625 bits per heavy atom. The summed E-state index contributed by atoms with van der Waals surface area (Å²) in [5, 5.41) is 4.51. The molecule has 3 fully saturated rings. The molecule has 0 aromatic carbocycles. The summed E-state index contributed by atoms with van der Waals surface area (Å²) in [6.45, 7) is 0. The summed E-state index contributed by atoms with van der Waals surface area (Å²) in [6.07, 6.45) is 0.620. The van der Waals surface area contributed by atoms with Gasteiger partial charge in [-0.15, -0.1) is 0 Å². The third-order valence-electron chi connectivity index (χ3n) is 3.83. The van der Waals surface area contributed by atoms with E-state index in [1.165, 1.54) is 0 Å². The molecule has 3 rings (SSSR count). The van der Waals surface area contributed by atoms with Crippen LogP contribution in [-0.4, -0.2) is 23.6 Å². The average molecular weight is 222 g/mol. The van der Waals surface area contributed by atoms with Crippen LogP contribution in [0.15, 0.2) is 0 Å². The first-order chi connectivity index (χ1) is 7.58. The molecule has 2 N–H and O–H groups in total. The zero-order valence-corrected chi connectivity index (χ0v) is 8.36. The Morgan fingerprint density at radius 2 is 0.875 bits per heavy atom. The summed E-state index contributed by atoms with van der Waals surface area (Å²) >= 11 is 0. The second-order valence-electron chi connectivity index (χ2n) is 4.60. The van der Waals surface area contributed by atoms with Crippen molar-refractivity contribution in [1.29, 1.82) is 0 Å². The van der Waals surface area contributed by atoms with Gasteiger partial charge in [-0.1, -0.05) is 0 Å². The van der Waals surface area contributed by atoms with Gasteiger partial charge in [0.15, 0.2) is 0 Å². The molecule has 0 spiro atoms. The molecule has 0 unspecified atom stereocenters. The van der Waals surface area contributed by atoms with Crippen LogP contribution >= 0.6 is 0 Å². The predicted octanol–water partition coefficient (Wildman–Crippen LogP) is -1.44. The predicted molar refractivity (Wildman–Crippen MR) is 49.5 cm³/mol. The molecule has 0 aromatic rings. The second-order valence-corrected chi connectivity index (χ2v) is 4.60. The highest BCUT2D eigenvalue weighted by molar-refractivity contribution is 6.09. The van der Waals surface area contributed by atoms with E-state index in [9.17, 15) is 19.2 Å². The molecule has 84 valence electrons. The second kappa shape index (κ2) is 2.90. The lowest BCUT2D eigenvalue weighted by Crippen LogP contribution is -2.35. The van der Waals surface area contributed by atoms with Gasteiger partial charge in [0.25, 0.3) is 0 Å². The van der Waals surface area contributed by atoms with Crippen molar-refractivity contribution >= 4 is 23.6 Å². The number of rotatable bonds is 0. The van der Waals surface area contributed by atoms with Gasteiger partial charge in [0.1, 0.15) is 0 Å². The highest BCUT2D eigenvalue weighted by Crippen LogP contribution is 2.43. The maximum atomic E-state index is 11.4. The van der Waals surface area contributed by atoms with Gasteiger partial charge in [-0.05, 0) is 12.8 Å². The van der Waals surface area contributed by atoms with Crippen molar-refractivity contribution in [2.75, 3.05) is 0 Å². The van der Waals surface area contributed by atoms with Gasteiger partial charge < -0.3 is 0 Å². The van der Waals surface area contributed by atoms with Crippen LogP contribution in [0.4, 0.5) is 0 Å². The van der Waals surface area contributed by atoms with E-state index >= 15 is 0 Å². The first-order valence-electron chi connectivity index (χ1n) is 5.27. The van der Waals surface area contributed by atoms with Crippen LogP contribution in [0.2, 0.25) is 0 Å². The average Bonchev–Trinajstić information content (AvgIpc) is 2.67. The minimum atomic E-state index is -0.426. The van der Waals surface area contributed by atoms with Crippen LogP contribution in [0.1, 0.15) is 12.8 Å². The van der Waals surface area contributed by atoms with Gasteiger partial charge in [0, 0.05) is 0 Å². The largest absolute Gasteiger partial charge is 0.296 e. The fourth-order valence-electron chi connectivity index (χ4n) is 2.98. The highest BCUT2D eigenvalue weighted by Gasteiger charge is 2.54. The molecule has 3 aliphatic rings. The van der Waals surface area contributed by atoms with E-state index in [-0.39, 0.29) is 23.6 Å². The van der Waals surface area contributed by atoms with Crippen LogP contribution in [0.5, 0.6) is 0 Å². The third kappa shape index (κ3) is 1.07. The Hall–Kier alpha value is -1.72. The Bertz CT molecular complexity index is 355. The van der Waals surface area contributed by atoms with Gasteiger partial charge in [0.2, 0.25) is 23.6 Å². The third-order valence-corrected chi connectivity index (χ3v) is 3.83. The molecule has 16 heavy (non-hydrogen) atoms. The number of amides is 4. The molecule has 2 heterocycles. The summed E-state index contributed by atoms with van der Waals surface area (Å²) in [7, 11) is 0.